The second-order valence-electron chi connectivity index (χ2n) is 5.28. The summed E-state index contributed by atoms with van der Waals surface area (Å²) in [5.74, 6) is 5.82. The maximum Gasteiger partial charge on any atom is 0.0875 e. The van der Waals surface area contributed by atoms with Crippen molar-refractivity contribution in [2.75, 3.05) is 0 Å². The predicted octanol–water partition coefficient (Wildman–Crippen LogP) is 6.15. The van der Waals surface area contributed by atoms with Gasteiger partial charge in [0.25, 0.3) is 0 Å². The second-order valence-corrected chi connectivity index (χ2v) is 5.28. The highest BCUT2D eigenvalue weighted by Crippen LogP contribution is 2.12. The molecule has 0 aliphatic rings. The summed E-state index contributed by atoms with van der Waals surface area (Å²) in [6.07, 6.45) is 20.0. The van der Waals surface area contributed by atoms with Crippen LogP contribution >= 0.6 is 0 Å². The Hall–Kier alpha value is -0.900. The fourth-order valence-electron chi connectivity index (χ4n) is 2.22. The molecule has 1 heteroatoms. The van der Waals surface area contributed by atoms with Crippen LogP contribution in [0.5, 0.6) is 0 Å². The average Bonchev–Trinajstić information content (AvgIpc) is 2.43. The van der Waals surface area contributed by atoms with Crippen LogP contribution in [0.4, 0.5) is 0 Å². The largest absolute Gasteiger partial charge is 0.515 e. The number of unbranched alkanes of at least 4 members (excludes halogenated alkanes) is 12. The number of aliphatic hydroxyl groups is 1. The van der Waals surface area contributed by atoms with Crippen LogP contribution in [0, 0.1) is 11.8 Å². The van der Waals surface area contributed by atoms with Crippen LogP contribution in [0.15, 0.2) is 12.3 Å². The van der Waals surface area contributed by atoms with E-state index in [4.69, 9.17) is 5.11 Å². The summed E-state index contributed by atoms with van der Waals surface area (Å²) in [5.41, 5.74) is 0. The minimum Gasteiger partial charge on any atom is -0.515 e. The monoisotopic (exact) mass is 264 g/mol. The van der Waals surface area contributed by atoms with Gasteiger partial charge in [-0.25, -0.2) is 0 Å². The van der Waals surface area contributed by atoms with Gasteiger partial charge in [-0.2, -0.15) is 0 Å². The second kappa shape index (κ2) is 17.1. The van der Waals surface area contributed by atoms with E-state index in [0.29, 0.717) is 0 Å². The summed E-state index contributed by atoms with van der Waals surface area (Å²) in [7, 11) is 0. The fraction of sp³-hybridized carbons (Fsp3) is 0.778. The summed E-state index contributed by atoms with van der Waals surface area (Å²) in [6, 6.07) is 0. The van der Waals surface area contributed by atoms with Crippen molar-refractivity contribution >= 4 is 0 Å². The third-order valence-electron chi connectivity index (χ3n) is 3.42. The third-order valence-corrected chi connectivity index (χ3v) is 3.42. The lowest BCUT2D eigenvalue weighted by atomic mass is 10.0. The summed E-state index contributed by atoms with van der Waals surface area (Å²) in [6.45, 7) is 2.27. The zero-order valence-electron chi connectivity index (χ0n) is 12.8. The van der Waals surface area contributed by atoms with Crippen LogP contribution in [0.2, 0.25) is 0 Å². The normalized spacial score (nSPS) is 10.6. The first-order chi connectivity index (χ1) is 9.41. The first-order valence-electron chi connectivity index (χ1n) is 8.19. The van der Waals surface area contributed by atoms with E-state index in [1.165, 1.54) is 83.1 Å². The van der Waals surface area contributed by atoms with Gasteiger partial charge in [-0.1, -0.05) is 89.4 Å². The predicted molar refractivity (Wildman–Crippen MR) is 85.2 cm³/mol. The van der Waals surface area contributed by atoms with Crippen LogP contribution in [0.25, 0.3) is 0 Å². The van der Waals surface area contributed by atoms with Gasteiger partial charge in [0.2, 0.25) is 0 Å². The molecule has 0 saturated carbocycles. The Labute approximate surface area is 120 Å². The molecule has 0 rings (SSSR count). The van der Waals surface area contributed by atoms with Crippen LogP contribution in [0.1, 0.15) is 90.4 Å². The summed E-state index contributed by atoms with van der Waals surface area (Å²) in [5, 5.41) is 8.39. The van der Waals surface area contributed by atoms with Gasteiger partial charge in [0, 0.05) is 12.5 Å². The summed E-state index contributed by atoms with van der Waals surface area (Å²) in [4.78, 5) is 0. The first kappa shape index (κ1) is 18.1. The lowest BCUT2D eigenvalue weighted by Gasteiger charge is -2.01. The molecule has 0 fully saturated rings. The fourth-order valence-corrected chi connectivity index (χ4v) is 2.22. The van der Waals surface area contributed by atoms with Crippen molar-refractivity contribution in [2.24, 2.45) is 0 Å². The van der Waals surface area contributed by atoms with Crippen molar-refractivity contribution in [3.63, 3.8) is 0 Å². The molecule has 0 saturated heterocycles. The molecule has 0 aliphatic heterocycles. The van der Waals surface area contributed by atoms with Crippen LogP contribution in [0.3, 0.4) is 0 Å². The number of allylic oxidation sites excluding steroid dienone is 1. The van der Waals surface area contributed by atoms with E-state index in [-0.39, 0.29) is 0 Å². The molecule has 0 aromatic heterocycles. The Balaban J connectivity index is 3.01. The highest BCUT2D eigenvalue weighted by atomic mass is 16.2. The van der Waals surface area contributed by atoms with E-state index in [2.05, 4.69) is 18.8 Å². The topological polar surface area (TPSA) is 20.2 Å². The van der Waals surface area contributed by atoms with Gasteiger partial charge in [-0.3, -0.25) is 0 Å². The van der Waals surface area contributed by atoms with E-state index in [0.717, 1.165) is 12.7 Å². The van der Waals surface area contributed by atoms with Crippen LogP contribution in [-0.2, 0) is 0 Å². The van der Waals surface area contributed by atoms with Gasteiger partial charge in [0.15, 0.2) is 0 Å². The highest BCUT2D eigenvalue weighted by Gasteiger charge is 1.92. The Morgan fingerprint density at radius 3 is 1.68 bits per heavy atom. The lowest BCUT2D eigenvalue weighted by molar-refractivity contribution is 0.474. The quantitative estimate of drug-likeness (QED) is 0.254. The summed E-state index contributed by atoms with van der Waals surface area (Å²) >= 11 is 0. The first-order valence-corrected chi connectivity index (χ1v) is 8.19. The molecule has 0 unspecified atom stereocenters. The van der Waals surface area contributed by atoms with Gasteiger partial charge in [-0.05, 0) is 6.42 Å². The summed E-state index contributed by atoms with van der Waals surface area (Å²) < 4.78 is 0. The lowest BCUT2D eigenvalue weighted by Crippen LogP contribution is -1.82. The minimum absolute atomic E-state index is 0.960. The SMILES string of the molecule is CCCCCCCCCCCCCCC#C/C=C\O. The molecule has 19 heavy (non-hydrogen) atoms. The molecule has 0 atom stereocenters. The van der Waals surface area contributed by atoms with Crippen molar-refractivity contribution in [3.8, 4) is 11.8 Å². The smallest absolute Gasteiger partial charge is 0.0875 e. The van der Waals surface area contributed by atoms with E-state index in [1.54, 1.807) is 0 Å². The number of aliphatic hydroxyl groups excluding tert-OH is 1. The third kappa shape index (κ3) is 17.1. The zero-order valence-corrected chi connectivity index (χ0v) is 12.8. The molecule has 0 radical (unpaired) electrons. The Kier molecular flexibility index (Phi) is 16.3. The molecule has 0 aromatic carbocycles. The molecular formula is C18H32O. The standard InChI is InChI=1S/C18H32O/c1-2-3-4-5-6-7-8-9-10-11-12-13-14-15-16-17-18-19/h17-19H,2-14H2,1H3/b18-17-. The van der Waals surface area contributed by atoms with E-state index in [9.17, 15) is 0 Å². The van der Waals surface area contributed by atoms with Crippen molar-refractivity contribution < 1.29 is 5.11 Å². The molecule has 0 spiro atoms. The Morgan fingerprint density at radius 1 is 0.737 bits per heavy atom. The van der Waals surface area contributed by atoms with Crippen molar-refractivity contribution in [1.82, 2.24) is 0 Å². The minimum atomic E-state index is 0.960. The molecule has 0 heterocycles. The van der Waals surface area contributed by atoms with Gasteiger partial charge in [-0.15, -0.1) is 0 Å². The Bertz CT molecular complexity index is 244. The van der Waals surface area contributed by atoms with Crippen molar-refractivity contribution in [3.05, 3.63) is 12.3 Å². The molecule has 1 nitrogen and oxygen atoms in total. The molecule has 1 N–H and O–H groups in total. The average molecular weight is 264 g/mol. The van der Waals surface area contributed by atoms with E-state index >= 15 is 0 Å². The van der Waals surface area contributed by atoms with Crippen LogP contribution < -0.4 is 0 Å². The van der Waals surface area contributed by atoms with Crippen molar-refractivity contribution in [2.45, 2.75) is 90.4 Å². The molecular weight excluding hydrogens is 232 g/mol. The van der Waals surface area contributed by atoms with E-state index in [1.807, 2.05) is 0 Å². The molecule has 0 amide bonds. The van der Waals surface area contributed by atoms with Gasteiger partial charge in [0.1, 0.15) is 0 Å². The number of rotatable bonds is 12. The zero-order chi connectivity index (χ0) is 14.0. The maximum absolute atomic E-state index is 8.39. The van der Waals surface area contributed by atoms with E-state index < -0.39 is 0 Å². The molecule has 110 valence electrons. The Morgan fingerprint density at radius 2 is 1.21 bits per heavy atom. The van der Waals surface area contributed by atoms with Gasteiger partial charge < -0.3 is 5.11 Å². The maximum atomic E-state index is 8.39. The number of hydrogen-bond donors (Lipinski definition) is 1. The highest BCUT2D eigenvalue weighted by molar-refractivity contribution is 5.13. The molecule has 0 aromatic rings. The number of hydrogen-bond acceptors (Lipinski definition) is 1. The van der Waals surface area contributed by atoms with Crippen LogP contribution in [-0.4, -0.2) is 5.11 Å². The van der Waals surface area contributed by atoms with Gasteiger partial charge in [0.05, 0.1) is 6.26 Å². The van der Waals surface area contributed by atoms with Crippen molar-refractivity contribution in [1.29, 1.82) is 0 Å². The molecule has 0 bridgehead atoms. The molecule has 0 aliphatic carbocycles. The van der Waals surface area contributed by atoms with Gasteiger partial charge >= 0.3 is 0 Å².